The van der Waals surface area contributed by atoms with Crippen LogP contribution in [0, 0.1) is 0 Å². The van der Waals surface area contributed by atoms with E-state index in [2.05, 4.69) is 32.7 Å². The molecular formula is C13H24N6O. The molecule has 20 heavy (non-hydrogen) atoms. The van der Waals surface area contributed by atoms with Gasteiger partial charge in [-0.1, -0.05) is 0 Å². The van der Waals surface area contributed by atoms with Crippen LogP contribution in [0.15, 0.2) is 6.07 Å². The zero-order chi connectivity index (χ0) is 14.4. The number of nitrogen functional groups attached to an aromatic ring is 1. The van der Waals surface area contributed by atoms with E-state index in [-0.39, 0.29) is 0 Å². The van der Waals surface area contributed by atoms with E-state index in [9.17, 15) is 0 Å². The lowest BCUT2D eigenvalue weighted by Crippen LogP contribution is -2.40. The second kappa shape index (κ2) is 7.37. The number of likely N-dealkylation sites (tertiary alicyclic amines) is 1. The van der Waals surface area contributed by atoms with Gasteiger partial charge in [-0.05, 0) is 33.4 Å². The number of nitrogens with two attached hydrogens (primary N) is 1. The number of rotatable bonds is 6. The van der Waals surface area contributed by atoms with Crippen LogP contribution < -0.4 is 16.6 Å². The average Bonchev–Trinajstić information content (AvgIpc) is 2.45. The minimum absolute atomic E-state index is 0.394. The Bertz CT molecular complexity index is 427. The molecule has 0 radical (unpaired) electrons. The first kappa shape index (κ1) is 15.0. The number of hydrazine groups is 1. The summed E-state index contributed by atoms with van der Waals surface area (Å²) < 4.78 is 5.35. The van der Waals surface area contributed by atoms with Gasteiger partial charge in [-0.3, -0.25) is 0 Å². The van der Waals surface area contributed by atoms with E-state index in [4.69, 9.17) is 10.6 Å². The zero-order valence-corrected chi connectivity index (χ0v) is 12.2. The molecule has 1 atom stereocenters. The molecule has 1 aromatic rings. The molecule has 0 saturated carbocycles. The summed E-state index contributed by atoms with van der Waals surface area (Å²) in [6.45, 7) is 5.16. The molecule has 112 valence electrons. The van der Waals surface area contributed by atoms with Crippen LogP contribution in [0.3, 0.4) is 0 Å². The molecule has 1 saturated heterocycles. The van der Waals surface area contributed by atoms with Crippen molar-refractivity contribution in [3.8, 4) is 0 Å². The van der Waals surface area contributed by atoms with Crippen LogP contribution in [0.2, 0.25) is 0 Å². The zero-order valence-electron chi connectivity index (χ0n) is 12.2. The predicted octanol–water partition coefficient (Wildman–Crippen LogP) is 0.805. The fourth-order valence-corrected chi connectivity index (χ4v) is 2.40. The number of aromatic nitrogens is 2. The van der Waals surface area contributed by atoms with Gasteiger partial charge >= 0.3 is 0 Å². The molecule has 7 nitrogen and oxygen atoms in total. The van der Waals surface area contributed by atoms with Crippen molar-refractivity contribution in [2.75, 3.05) is 37.5 Å². The third kappa shape index (κ3) is 4.29. The van der Waals surface area contributed by atoms with Crippen molar-refractivity contribution in [2.24, 2.45) is 5.84 Å². The molecule has 0 bridgehead atoms. The SMILES string of the molecule is CCOCc1nc(NN)cc(NC2CCCN(C)C2)n1. The van der Waals surface area contributed by atoms with Crippen LogP contribution in [0.4, 0.5) is 11.6 Å². The summed E-state index contributed by atoms with van der Waals surface area (Å²) in [6.07, 6.45) is 2.35. The van der Waals surface area contributed by atoms with E-state index < -0.39 is 0 Å². The maximum absolute atomic E-state index is 5.45. The van der Waals surface area contributed by atoms with Gasteiger partial charge in [0, 0.05) is 25.3 Å². The van der Waals surface area contributed by atoms with Crippen LogP contribution in [0.5, 0.6) is 0 Å². The van der Waals surface area contributed by atoms with Crippen molar-refractivity contribution in [2.45, 2.75) is 32.4 Å². The quantitative estimate of drug-likeness (QED) is 0.525. The number of nitrogens with one attached hydrogen (secondary N) is 2. The minimum atomic E-state index is 0.394. The fraction of sp³-hybridized carbons (Fsp3) is 0.692. The van der Waals surface area contributed by atoms with E-state index in [1.807, 2.05) is 13.0 Å². The van der Waals surface area contributed by atoms with E-state index in [1.165, 1.54) is 6.42 Å². The van der Waals surface area contributed by atoms with E-state index in [0.717, 1.165) is 25.3 Å². The summed E-state index contributed by atoms with van der Waals surface area (Å²) in [6, 6.07) is 2.23. The number of nitrogens with zero attached hydrogens (tertiary/aromatic N) is 3. The summed E-state index contributed by atoms with van der Waals surface area (Å²) in [5.74, 6) is 7.48. The molecular weight excluding hydrogens is 256 g/mol. The van der Waals surface area contributed by atoms with Gasteiger partial charge in [-0.2, -0.15) is 0 Å². The number of hydrogen-bond donors (Lipinski definition) is 3. The summed E-state index contributed by atoms with van der Waals surface area (Å²) in [5.41, 5.74) is 2.57. The molecule has 0 aliphatic carbocycles. The summed E-state index contributed by atoms with van der Waals surface area (Å²) in [7, 11) is 2.14. The highest BCUT2D eigenvalue weighted by Gasteiger charge is 2.17. The third-order valence-corrected chi connectivity index (χ3v) is 3.33. The molecule has 0 amide bonds. The van der Waals surface area contributed by atoms with Gasteiger partial charge < -0.3 is 20.4 Å². The highest BCUT2D eigenvalue weighted by molar-refractivity contribution is 5.47. The first-order chi connectivity index (χ1) is 9.71. The van der Waals surface area contributed by atoms with Crippen molar-refractivity contribution in [1.82, 2.24) is 14.9 Å². The maximum atomic E-state index is 5.45. The Kier molecular flexibility index (Phi) is 5.51. The Hall–Kier alpha value is -1.44. The minimum Gasteiger partial charge on any atom is -0.374 e. The van der Waals surface area contributed by atoms with Crippen LogP contribution in [0.25, 0.3) is 0 Å². The largest absolute Gasteiger partial charge is 0.374 e. The Morgan fingerprint density at radius 1 is 1.45 bits per heavy atom. The molecule has 1 aliphatic rings. The van der Waals surface area contributed by atoms with Crippen LogP contribution in [-0.4, -0.2) is 47.7 Å². The van der Waals surface area contributed by atoms with Crippen molar-refractivity contribution >= 4 is 11.6 Å². The molecule has 0 spiro atoms. The summed E-state index contributed by atoms with van der Waals surface area (Å²) in [4.78, 5) is 11.1. The lowest BCUT2D eigenvalue weighted by Gasteiger charge is -2.30. The first-order valence-electron chi connectivity index (χ1n) is 7.08. The smallest absolute Gasteiger partial charge is 0.158 e. The van der Waals surface area contributed by atoms with Crippen molar-refractivity contribution in [3.63, 3.8) is 0 Å². The van der Waals surface area contributed by atoms with Crippen LogP contribution >= 0.6 is 0 Å². The van der Waals surface area contributed by atoms with E-state index >= 15 is 0 Å². The number of ether oxygens (including phenoxy) is 1. The number of anilines is 2. The van der Waals surface area contributed by atoms with Gasteiger partial charge in [0.2, 0.25) is 0 Å². The van der Waals surface area contributed by atoms with Crippen LogP contribution in [0.1, 0.15) is 25.6 Å². The van der Waals surface area contributed by atoms with Gasteiger partial charge in [0.05, 0.1) is 0 Å². The molecule has 7 heteroatoms. The predicted molar refractivity (Wildman–Crippen MR) is 79.3 cm³/mol. The molecule has 2 rings (SSSR count). The second-order valence-corrected chi connectivity index (χ2v) is 5.08. The molecule has 0 aromatic carbocycles. The number of piperidine rings is 1. The number of hydrogen-bond acceptors (Lipinski definition) is 7. The van der Waals surface area contributed by atoms with Crippen molar-refractivity contribution in [3.05, 3.63) is 11.9 Å². The Morgan fingerprint density at radius 2 is 2.25 bits per heavy atom. The topological polar surface area (TPSA) is 88.3 Å². The molecule has 1 aliphatic heterocycles. The van der Waals surface area contributed by atoms with E-state index in [1.54, 1.807) is 0 Å². The molecule has 4 N–H and O–H groups in total. The average molecular weight is 280 g/mol. The Morgan fingerprint density at radius 3 is 2.95 bits per heavy atom. The lowest BCUT2D eigenvalue weighted by atomic mass is 10.1. The Labute approximate surface area is 119 Å². The highest BCUT2D eigenvalue weighted by Crippen LogP contribution is 2.16. The number of likely N-dealkylation sites (N-methyl/N-ethyl adjacent to an activating group) is 1. The maximum Gasteiger partial charge on any atom is 0.158 e. The second-order valence-electron chi connectivity index (χ2n) is 5.08. The first-order valence-corrected chi connectivity index (χ1v) is 7.08. The molecule has 1 fully saturated rings. The Balaban J connectivity index is 2.05. The fourth-order valence-electron chi connectivity index (χ4n) is 2.40. The van der Waals surface area contributed by atoms with Gasteiger partial charge in [-0.15, -0.1) is 0 Å². The van der Waals surface area contributed by atoms with Crippen molar-refractivity contribution in [1.29, 1.82) is 0 Å². The van der Waals surface area contributed by atoms with Gasteiger partial charge in [-0.25, -0.2) is 15.8 Å². The van der Waals surface area contributed by atoms with Gasteiger partial charge in [0.25, 0.3) is 0 Å². The van der Waals surface area contributed by atoms with E-state index in [0.29, 0.717) is 30.9 Å². The summed E-state index contributed by atoms with van der Waals surface area (Å²) in [5, 5.41) is 3.46. The van der Waals surface area contributed by atoms with Gasteiger partial charge in [0.15, 0.2) is 5.82 Å². The van der Waals surface area contributed by atoms with Crippen molar-refractivity contribution < 1.29 is 4.74 Å². The standard InChI is InChI=1S/C13H24N6O/c1-3-20-9-13-16-11(7-12(17-13)18-14)15-10-5-4-6-19(2)8-10/h7,10H,3-6,8-9,14H2,1-2H3,(H2,15,16,17,18). The molecule has 1 aromatic heterocycles. The normalized spacial score (nSPS) is 19.9. The van der Waals surface area contributed by atoms with Crippen LogP contribution in [-0.2, 0) is 11.3 Å². The lowest BCUT2D eigenvalue weighted by molar-refractivity contribution is 0.128. The molecule has 1 unspecified atom stereocenters. The summed E-state index contributed by atoms with van der Waals surface area (Å²) >= 11 is 0. The van der Waals surface area contributed by atoms with Gasteiger partial charge in [0.1, 0.15) is 18.2 Å². The highest BCUT2D eigenvalue weighted by atomic mass is 16.5. The third-order valence-electron chi connectivity index (χ3n) is 3.33. The molecule has 2 heterocycles. The monoisotopic (exact) mass is 280 g/mol.